The Bertz CT molecular complexity index is 841. The average Bonchev–Trinajstić information content (AvgIpc) is 2.68. The molecule has 132 valence electrons. The van der Waals surface area contributed by atoms with Crippen molar-refractivity contribution in [2.45, 2.75) is 23.6 Å². The highest BCUT2D eigenvalue weighted by molar-refractivity contribution is 8.00. The molecule has 5 heteroatoms. The zero-order valence-electron chi connectivity index (χ0n) is 14.4. The first-order chi connectivity index (χ1) is 12.6. The lowest BCUT2D eigenvalue weighted by Crippen LogP contribution is -2.36. The third-order valence-electron chi connectivity index (χ3n) is 3.85. The topological polar surface area (TPSA) is 33.2 Å². The van der Waals surface area contributed by atoms with E-state index in [1.165, 1.54) is 23.9 Å². The molecule has 3 rings (SSSR count). The third kappa shape index (κ3) is 4.70. The largest absolute Gasteiger partial charge is 0.305 e. The van der Waals surface area contributed by atoms with Crippen molar-refractivity contribution in [3.8, 4) is 0 Å². The second-order valence-corrected chi connectivity index (χ2v) is 7.21. The van der Waals surface area contributed by atoms with Crippen LogP contribution in [0.3, 0.4) is 0 Å². The molecule has 1 amide bonds. The van der Waals surface area contributed by atoms with E-state index in [2.05, 4.69) is 4.98 Å². The number of aromatic nitrogens is 1. The van der Waals surface area contributed by atoms with Gasteiger partial charge in [0.1, 0.15) is 5.82 Å². The van der Waals surface area contributed by atoms with Gasteiger partial charge in [-0.15, -0.1) is 11.8 Å². The summed E-state index contributed by atoms with van der Waals surface area (Å²) in [5.41, 5.74) is 1.43. The van der Waals surface area contributed by atoms with E-state index in [-0.39, 0.29) is 17.0 Å². The van der Waals surface area contributed by atoms with Crippen molar-refractivity contribution in [1.29, 1.82) is 0 Å². The highest BCUT2D eigenvalue weighted by atomic mass is 32.2. The molecule has 0 aliphatic carbocycles. The standard InChI is InChI=1S/C21H19FN2OS/c1-16(26-20-8-3-2-4-9-20)21(25)24(15-18-7-5-6-14-23-18)19-12-10-17(22)11-13-19/h2-14,16H,15H2,1H3. The number of carbonyl (C=O) groups is 1. The maximum Gasteiger partial charge on any atom is 0.240 e. The Morgan fingerprint density at radius 1 is 1.04 bits per heavy atom. The molecular formula is C21H19FN2OS. The van der Waals surface area contributed by atoms with Crippen LogP contribution in [0.15, 0.2) is 83.9 Å². The quantitative estimate of drug-likeness (QED) is 0.580. The van der Waals surface area contributed by atoms with Gasteiger partial charge in [-0.25, -0.2) is 4.39 Å². The molecule has 0 saturated heterocycles. The molecule has 0 saturated carbocycles. The fraction of sp³-hybridized carbons (Fsp3) is 0.143. The van der Waals surface area contributed by atoms with E-state index in [0.29, 0.717) is 12.2 Å². The van der Waals surface area contributed by atoms with Crippen LogP contribution in [0.1, 0.15) is 12.6 Å². The maximum absolute atomic E-state index is 13.3. The van der Waals surface area contributed by atoms with Crippen molar-refractivity contribution < 1.29 is 9.18 Å². The fourth-order valence-electron chi connectivity index (χ4n) is 2.54. The van der Waals surface area contributed by atoms with E-state index in [0.717, 1.165) is 10.6 Å². The predicted molar refractivity (Wildman–Crippen MR) is 104 cm³/mol. The number of carbonyl (C=O) groups excluding carboxylic acids is 1. The van der Waals surface area contributed by atoms with Crippen LogP contribution in [0.4, 0.5) is 10.1 Å². The summed E-state index contributed by atoms with van der Waals surface area (Å²) in [6, 6.07) is 21.4. The second kappa shape index (κ2) is 8.63. The monoisotopic (exact) mass is 366 g/mol. The molecule has 1 aromatic heterocycles. The van der Waals surface area contributed by atoms with Gasteiger partial charge in [0.05, 0.1) is 17.5 Å². The summed E-state index contributed by atoms with van der Waals surface area (Å²) in [6.07, 6.45) is 1.70. The number of rotatable bonds is 6. The van der Waals surface area contributed by atoms with Crippen LogP contribution in [0, 0.1) is 5.82 Å². The second-order valence-electron chi connectivity index (χ2n) is 5.80. The Labute approximate surface area is 156 Å². The molecular weight excluding hydrogens is 347 g/mol. The number of hydrogen-bond donors (Lipinski definition) is 0. The number of amides is 1. The Morgan fingerprint density at radius 3 is 2.38 bits per heavy atom. The van der Waals surface area contributed by atoms with Crippen LogP contribution in [0.25, 0.3) is 0 Å². The SMILES string of the molecule is CC(Sc1ccccc1)C(=O)N(Cc1ccccn1)c1ccc(F)cc1. The first-order valence-electron chi connectivity index (χ1n) is 8.32. The van der Waals surface area contributed by atoms with Gasteiger partial charge >= 0.3 is 0 Å². The Kier molecular flexibility index (Phi) is 6.02. The first-order valence-corrected chi connectivity index (χ1v) is 9.20. The molecule has 0 aliphatic heterocycles. The van der Waals surface area contributed by atoms with Gasteiger partial charge in [0.15, 0.2) is 0 Å². The molecule has 1 atom stereocenters. The average molecular weight is 366 g/mol. The molecule has 0 spiro atoms. The fourth-order valence-corrected chi connectivity index (χ4v) is 3.49. The summed E-state index contributed by atoms with van der Waals surface area (Å²) in [5, 5.41) is -0.286. The van der Waals surface area contributed by atoms with Crippen molar-refractivity contribution in [2.24, 2.45) is 0 Å². The van der Waals surface area contributed by atoms with Gasteiger partial charge < -0.3 is 4.90 Å². The summed E-state index contributed by atoms with van der Waals surface area (Å²) >= 11 is 1.50. The molecule has 3 nitrogen and oxygen atoms in total. The van der Waals surface area contributed by atoms with Crippen LogP contribution in [-0.2, 0) is 11.3 Å². The molecule has 0 radical (unpaired) electrons. The lowest BCUT2D eigenvalue weighted by Gasteiger charge is -2.25. The molecule has 0 N–H and O–H groups in total. The third-order valence-corrected chi connectivity index (χ3v) is 4.95. The minimum Gasteiger partial charge on any atom is -0.305 e. The van der Waals surface area contributed by atoms with E-state index >= 15 is 0 Å². The number of anilines is 1. The van der Waals surface area contributed by atoms with Gasteiger partial charge in [-0.05, 0) is 55.5 Å². The molecule has 2 aromatic carbocycles. The van der Waals surface area contributed by atoms with E-state index in [4.69, 9.17) is 0 Å². The molecule has 0 aliphatic rings. The minimum atomic E-state index is -0.328. The first kappa shape index (κ1) is 18.1. The lowest BCUT2D eigenvalue weighted by atomic mass is 10.2. The van der Waals surface area contributed by atoms with Crippen LogP contribution >= 0.6 is 11.8 Å². The smallest absolute Gasteiger partial charge is 0.240 e. The summed E-state index contributed by atoms with van der Waals surface area (Å²) < 4.78 is 13.3. The van der Waals surface area contributed by atoms with Crippen LogP contribution < -0.4 is 4.90 Å². The van der Waals surface area contributed by atoms with E-state index < -0.39 is 0 Å². The number of nitrogens with zero attached hydrogens (tertiary/aromatic N) is 2. The Hall–Kier alpha value is -2.66. The number of pyridine rings is 1. The van der Waals surface area contributed by atoms with Gasteiger partial charge in [-0.2, -0.15) is 0 Å². The highest BCUT2D eigenvalue weighted by Crippen LogP contribution is 2.27. The number of benzene rings is 2. The predicted octanol–water partition coefficient (Wildman–Crippen LogP) is 4.93. The molecule has 1 heterocycles. The molecule has 0 fully saturated rings. The minimum absolute atomic E-state index is 0.0453. The van der Waals surface area contributed by atoms with Crippen LogP contribution in [0.5, 0.6) is 0 Å². The zero-order chi connectivity index (χ0) is 18.4. The molecule has 3 aromatic rings. The van der Waals surface area contributed by atoms with E-state index in [1.807, 2.05) is 55.5 Å². The van der Waals surface area contributed by atoms with Gasteiger partial charge in [-0.3, -0.25) is 9.78 Å². The van der Waals surface area contributed by atoms with Crippen molar-refractivity contribution in [1.82, 2.24) is 4.98 Å². The molecule has 0 bridgehead atoms. The van der Waals surface area contributed by atoms with Crippen molar-refractivity contribution in [3.05, 3.63) is 90.5 Å². The van der Waals surface area contributed by atoms with Crippen LogP contribution in [0.2, 0.25) is 0 Å². The summed E-state index contributed by atoms with van der Waals surface area (Å²) in [7, 11) is 0. The van der Waals surface area contributed by atoms with Gasteiger partial charge in [0, 0.05) is 16.8 Å². The Morgan fingerprint density at radius 2 is 1.73 bits per heavy atom. The van der Waals surface area contributed by atoms with Crippen LogP contribution in [-0.4, -0.2) is 16.1 Å². The summed E-state index contributed by atoms with van der Waals surface area (Å²) in [6.45, 7) is 2.22. The van der Waals surface area contributed by atoms with Crippen molar-refractivity contribution in [3.63, 3.8) is 0 Å². The summed E-state index contributed by atoms with van der Waals surface area (Å²) in [4.78, 5) is 20.1. The van der Waals surface area contributed by atoms with Crippen molar-refractivity contribution in [2.75, 3.05) is 4.90 Å². The lowest BCUT2D eigenvalue weighted by molar-refractivity contribution is -0.118. The van der Waals surface area contributed by atoms with E-state index in [9.17, 15) is 9.18 Å². The maximum atomic E-state index is 13.3. The van der Waals surface area contributed by atoms with Gasteiger partial charge in [0.25, 0.3) is 0 Å². The normalized spacial score (nSPS) is 11.8. The van der Waals surface area contributed by atoms with Gasteiger partial charge in [-0.1, -0.05) is 24.3 Å². The number of thioether (sulfide) groups is 1. The zero-order valence-corrected chi connectivity index (χ0v) is 15.2. The number of hydrogen-bond acceptors (Lipinski definition) is 3. The summed E-state index contributed by atoms with van der Waals surface area (Å²) in [5.74, 6) is -0.373. The van der Waals surface area contributed by atoms with Crippen molar-refractivity contribution >= 4 is 23.4 Å². The molecule has 26 heavy (non-hydrogen) atoms. The van der Waals surface area contributed by atoms with E-state index in [1.54, 1.807) is 23.2 Å². The highest BCUT2D eigenvalue weighted by Gasteiger charge is 2.23. The number of halogens is 1. The Balaban J connectivity index is 1.83. The molecule has 1 unspecified atom stereocenters. The van der Waals surface area contributed by atoms with Gasteiger partial charge in [0.2, 0.25) is 5.91 Å².